The van der Waals surface area contributed by atoms with Gasteiger partial charge in [-0.15, -0.1) is 0 Å². The maximum Gasteiger partial charge on any atom is 0.472 e. The van der Waals surface area contributed by atoms with E-state index in [0.29, 0.717) is 25.0 Å². The fourth-order valence-electron chi connectivity index (χ4n) is 6.30. The van der Waals surface area contributed by atoms with E-state index >= 15 is 0 Å². The molecule has 1 fully saturated rings. The van der Waals surface area contributed by atoms with E-state index in [1.807, 2.05) is 0 Å². The summed E-state index contributed by atoms with van der Waals surface area (Å²) in [5.74, 6) is -0.264. The lowest BCUT2D eigenvalue weighted by atomic mass is 10.0. The molecule has 3 unspecified atom stereocenters. The van der Waals surface area contributed by atoms with E-state index in [2.05, 4.69) is 42.0 Å². The molecule has 0 aliphatic carbocycles. The standard InChI is InChI=1S/C41H78O14P2/c1-4-5-6-7-17-22-27-38-39(55-38)28-23-18-15-20-25-30-41(44)54-37(34-53-57(48,49)52-32-36(42)31-51-56(45,46)47)33-50-40(43)29-24-19-14-12-10-8-9-11-13-16-21-26-35(2)3/h17,22,35-39,42H,4-16,18-21,23-34H2,1-3H3,(H,48,49)(H2,45,46,47)/b22-17-/t36-,37+,38?,39?/m0/s1. The number of phosphoric acid groups is 2. The van der Waals surface area contributed by atoms with Crippen molar-refractivity contribution in [1.82, 2.24) is 0 Å². The molecule has 4 N–H and O–H groups in total. The Labute approximate surface area is 343 Å². The smallest absolute Gasteiger partial charge is 0.462 e. The molecular weight excluding hydrogens is 778 g/mol. The summed E-state index contributed by atoms with van der Waals surface area (Å²) in [5.41, 5.74) is 0. The van der Waals surface area contributed by atoms with Gasteiger partial charge >= 0.3 is 27.6 Å². The molecular formula is C41H78O14P2. The van der Waals surface area contributed by atoms with Crippen molar-refractivity contribution in [3.63, 3.8) is 0 Å². The molecule has 5 atom stereocenters. The Morgan fingerprint density at radius 2 is 1.19 bits per heavy atom. The summed E-state index contributed by atoms with van der Waals surface area (Å²) in [4.78, 5) is 52.7. The van der Waals surface area contributed by atoms with Crippen LogP contribution >= 0.6 is 15.6 Å². The second-order valence-corrected chi connectivity index (χ2v) is 18.5. The van der Waals surface area contributed by atoms with E-state index in [4.69, 9.17) is 28.5 Å². The van der Waals surface area contributed by atoms with Crippen molar-refractivity contribution in [2.24, 2.45) is 5.92 Å². The van der Waals surface area contributed by atoms with E-state index in [1.54, 1.807) is 0 Å². The van der Waals surface area contributed by atoms with Crippen molar-refractivity contribution < 1.29 is 66.3 Å². The number of rotatable bonds is 40. The maximum atomic E-state index is 12.7. The summed E-state index contributed by atoms with van der Waals surface area (Å²) in [5, 5.41) is 9.75. The molecule has 1 aliphatic heterocycles. The van der Waals surface area contributed by atoms with Crippen LogP contribution in [0.25, 0.3) is 0 Å². The number of unbranched alkanes of at least 4 members (excludes halogenated alkanes) is 17. The third-order valence-corrected chi connectivity index (χ3v) is 11.2. The molecule has 1 saturated heterocycles. The minimum atomic E-state index is -4.86. The van der Waals surface area contributed by atoms with Crippen LogP contribution in [-0.4, -0.2) is 82.6 Å². The number of phosphoric ester groups is 2. The molecule has 1 aliphatic rings. The first-order valence-electron chi connectivity index (χ1n) is 21.9. The van der Waals surface area contributed by atoms with Gasteiger partial charge < -0.3 is 34.0 Å². The molecule has 0 bridgehead atoms. The first kappa shape index (κ1) is 53.8. The molecule has 0 aromatic heterocycles. The Bertz CT molecular complexity index is 1150. The van der Waals surface area contributed by atoms with Gasteiger partial charge in [-0.2, -0.15) is 0 Å². The van der Waals surface area contributed by atoms with E-state index in [9.17, 15) is 28.7 Å². The van der Waals surface area contributed by atoms with Crippen LogP contribution in [0.2, 0.25) is 0 Å². The summed E-state index contributed by atoms with van der Waals surface area (Å²) in [6, 6.07) is 0. The van der Waals surface area contributed by atoms with Crippen molar-refractivity contribution in [2.45, 2.75) is 206 Å². The van der Waals surface area contributed by atoms with Crippen LogP contribution in [0.3, 0.4) is 0 Å². The van der Waals surface area contributed by atoms with Crippen LogP contribution in [0, 0.1) is 5.92 Å². The number of epoxide rings is 1. The lowest BCUT2D eigenvalue weighted by Gasteiger charge is -2.20. The van der Waals surface area contributed by atoms with Gasteiger partial charge in [-0.3, -0.25) is 23.2 Å². The largest absolute Gasteiger partial charge is 0.472 e. The van der Waals surface area contributed by atoms with Crippen LogP contribution in [0.4, 0.5) is 0 Å². The molecule has 1 heterocycles. The Morgan fingerprint density at radius 3 is 1.79 bits per heavy atom. The Hall–Kier alpha value is -1.18. The highest BCUT2D eigenvalue weighted by atomic mass is 31.2. The fourth-order valence-corrected chi connectivity index (χ4v) is 7.46. The normalized spacial score (nSPS) is 17.8. The number of aliphatic hydroxyl groups is 1. The molecule has 336 valence electrons. The fraction of sp³-hybridized carbons (Fsp3) is 0.902. The van der Waals surface area contributed by atoms with Gasteiger partial charge in [0.2, 0.25) is 0 Å². The zero-order valence-electron chi connectivity index (χ0n) is 35.3. The zero-order valence-corrected chi connectivity index (χ0v) is 37.1. The Balaban J connectivity index is 2.36. The van der Waals surface area contributed by atoms with Gasteiger partial charge in [-0.05, 0) is 44.4 Å². The summed E-state index contributed by atoms with van der Waals surface area (Å²) in [6.07, 6.45) is 28.0. The number of aliphatic hydroxyl groups excluding tert-OH is 1. The van der Waals surface area contributed by atoms with Crippen molar-refractivity contribution in [3.05, 3.63) is 12.2 Å². The van der Waals surface area contributed by atoms with Crippen LogP contribution in [0.15, 0.2) is 12.2 Å². The van der Waals surface area contributed by atoms with Gasteiger partial charge in [0, 0.05) is 12.8 Å². The van der Waals surface area contributed by atoms with Crippen LogP contribution in [-0.2, 0) is 46.5 Å². The topological polar surface area (TPSA) is 208 Å². The summed E-state index contributed by atoms with van der Waals surface area (Å²) < 4.78 is 53.6. The van der Waals surface area contributed by atoms with Crippen molar-refractivity contribution >= 4 is 27.6 Å². The van der Waals surface area contributed by atoms with Gasteiger partial charge in [0.1, 0.15) is 12.7 Å². The number of esters is 2. The van der Waals surface area contributed by atoms with Gasteiger partial charge in [-0.25, -0.2) is 9.13 Å². The first-order valence-corrected chi connectivity index (χ1v) is 24.9. The van der Waals surface area contributed by atoms with Crippen LogP contribution in [0.1, 0.15) is 181 Å². The number of hydrogen-bond donors (Lipinski definition) is 4. The van der Waals surface area contributed by atoms with Crippen LogP contribution in [0.5, 0.6) is 0 Å². The highest BCUT2D eigenvalue weighted by molar-refractivity contribution is 7.47. The van der Waals surface area contributed by atoms with Gasteiger partial charge in [0.05, 0.1) is 32.0 Å². The van der Waals surface area contributed by atoms with Gasteiger partial charge in [-0.1, -0.05) is 142 Å². The molecule has 14 nitrogen and oxygen atoms in total. The first-order chi connectivity index (χ1) is 27.2. The number of ether oxygens (including phenoxy) is 3. The Kier molecular flexibility index (Phi) is 31.7. The van der Waals surface area contributed by atoms with E-state index < -0.39 is 59.6 Å². The highest BCUT2D eigenvalue weighted by Gasteiger charge is 2.36. The SMILES string of the molecule is CCCCC/C=C\CC1OC1CCCCCCCC(=O)O[C@H](COC(=O)CCCCCCCCCCCCCC(C)C)COP(=O)(O)OC[C@@H](O)COP(=O)(O)O. The minimum Gasteiger partial charge on any atom is -0.462 e. The second kappa shape index (κ2) is 33.5. The molecule has 1 rings (SSSR count). The lowest BCUT2D eigenvalue weighted by molar-refractivity contribution is -0.161. The third kappa shape index (κ3) is 35.3. The average molecular weight is 857 g/mol. The highest BCUT2D eigenvalue weighted by Crippen LogP contribution is 2.44. The Morgan fingerprint density at radius 1 is 0.649 bits per heavy atom. The lowest BCUT2D eigenvalue weighted by Crippen LogP contribution is -2.30. The summed E-state index contributed by atoms with van der Waals surface area (Å²) in [6.45, 7) is 4.02. The monoisotopic (exact) mass is 856 g/mol. The van der Waals surface area contributed by atoms with Crippen molar-refractivity contribution in [3.8, 4) is 0 Å². The summed E-state index contributed by atoms with van der Waals surface area (Å²) >= 11 is 0. The van der Waals surface area contributed by atoms with Crippen molar-refractivity contribution in [2.75, 3.05) is 26.4 Å². The molecule has 0 radical (unpaired) electrons. The predicted octanol–water partition coefficient (Wildman–Crippen LogP) is 9.80. The zero-order chi connectivity index (χ0) is 42.2. The number of carbonyl (C=O) groups is 2. The second-order valence-electron chi connectivity index (χ2n) is 15.8. The van der Waals surface area contributed by atoms with Gasteiger partial charge in [0.15, 0.2) is 6.10 Å². The number of hydrogen-bond acceptors (Lipinski definition) is 11. The number of carbonyl (C=O) groups excluding carboxylic acids is 2. The molecule has 0 aromatic carbocycles. The molecule has 0 aromatic rings. The maximum absolute atomic E-state index is 12.7. The van der Waals surface area contributed by atoms with E-state index in [1.165, 1.54) is 70.6 Å². The van der Waals surface area contributed by atoms with E-state index in [-0.39, 0.29) is 19.4 Å². The molecule has 16 heteroatoms. The summed E-state index contributed by atoms with van der Waals surface area (Å²) in [7, 11) is -9.67. The quantitative estimate of drug-likeness (QED) is 0.0149. The molecule has 0 amide bonds. The third-order valence-electron chi connectivity index (χ3n) is 9.75. The average Bonchev–Trinajstić information content (AvgIpc) is 3.91. The number of allylic oxidation sites excluding steroid dienone is 1. The minimum absolute atomic E-state index is 0.111. The van der Waals surface area contributed by atoms with E-state index in [0.717, 1.165) is 70.1 Å². The van der Waals surface area contributed by atoms with Crippen LogP contribution < -0.4 is 0 Å². The van der Waals surface area contributed by atoms with Crippen molar-refractivity contribution in [1.29, 1.82) is 0 Å². The molecule has 0 saturated carbocycles. The predicted molar refractivity (Wildman–Crippen MR) is 220 cm³/mol. The molecule has 0 spiro atoms. The molecule has 57 heavy (non-hydrogen) atoms. The van der Waals surface area contributed by atoms with Gasteiger partial charge in [0.25, 0.3) is 0 Å².